The molecule has 0 saturated heterocycles. The van der Waals surface area contributed by atoms with Gasteiger partial charge in [-0.1, -0.05) is 87.5 Å². The molecule has 1 unspecified atom stereocenters. The number of rotatable bonds is 13. The average Bonchev–Trinajstić information content (AvgIpc) is 3.44. The van der Waals surface area contributed by atoms with Crippen LogP contribution in [-0.2, 0) is 26.3 Å². The fourth-order valence-electron chi connectivity index (χ4n) is 4.16. The summed E-state index contributed by atoms with van der Waals surface area (Å²) in [7, 11) is 0. The Bertz CT molecular complexity index is 1130. The van der Waals surface area contributed by atoms with E-state index in [9.17, 15) is 14.4 Å². The molecule has 0 saturated carbocycles. The van der Waals surface area contributed by atoms with E-state index in [0.717, 1.165) is 16.8 Å². The van der Waals surface area contributed by atoms with Gasteiger partial charge in [0.25, 0.3) is 0 Å². The zero-order valence-corrected chi connectivity index (χ0v) is 22.5. The molecule has 3 amide bonds. The third kappa shape index (κ3) is 8.87. The van der Waals surface area contributed by atoms with Crippen molar-refractivity contribution in [3.05, 3.63) is 83.6 Å². The second-order valence-electron chi connectivity index (χ2n) is 9.99. The van der Waals surface area contributed by atoms with E-state index in [0.29, 0.717) is 25.9 Å². The second kappa shape index (κ2) is 14.1. The highest BCUT2D eigenvalue weighted by Gasteiger charge is 2.29. The standard InChI is InChI=1S/C30H38N4O4/c1-4-18-34(20-27(35)32-22-30(2,3)24-14-9-6-10-15-24)28(36)26(19-25-16-11-17-31-25)33-29(37)38-21-23-12-7-5-8-13-23/h5-10,12-17,26H,4,11,18-22H2,1-3H3,(H,32,35)(H,33,37). The first kappa shape index (κ1) is 28.6. The SMILES string of the molecule is CCCN(CC(=O)NCC(C)(C)c1ccccc1)C(=O)C(CC1=CCC=N1)NC(=O)OCc1ccccc1. The van der Waals surface area contributed by atoms with Gasteiger partial charge in [-0.25, -0.2) is 4.79 Å². The van der Waals surface area contributed by atoms with Crippen LogP contribution in [0.3, 0.4) is 0 Å². The first-order valence-electron chi connectivity index (χ1n) is 13.1. The molecule has 0 aliphatic carbocycles. The van der Waals surface area contributed by atoms with E-state index in [-0.39, 0.29) is 36.8 Å². The number of ether oxygens (including phenoxy) is 1. The summed E-state index contributed by atoms with van der Waals surface area (Å²) in [5.41, 5.74) is 2.41. The van der Waals surface area contributed by atoms with Crippen LogP contribution >= 0.6 is 0 Å². The Morgan fingerprint density at radius 3 is 2.37 bits per heavy atom. The first-order valence-corrected chi connectivity index (χ1v) is 13.1. The summed E-state index contributed by atoms with van der Waals surface area (Å²) in [5.74, 6) is -0.594. The maximum absolute atomic E-state index is 13.6. The summed E-state index contributed by atoms with van der Waals surface area (Å²) in [5, 5.41) is 5.68. The molecule has 202 valence electrons. The van der Waals surface area contributed by atoms with Gasteiger partial charge >= 0.3 is 6.09 Å². The van der Waals surface area contributed by atoms with E-state index >= 15 is 0 Å². The molecule has 1 aliphatic rings. The molecule has 8 heteroatoms. The lowest BCUT2D eigenvalue weighted by atomic mass is 9.84. The van der Waals surface area contributed by atoms with Crippen LogP contribution in [0.5, 0.6) is 0 Å². The lowest BCUT2D eigenvalue weighted by Crippen LogP contribution is -2.52. The van der Waals surface area contributed by atoms with Gasteiger partial charge in [0.2, 0.25) is 11.8 Å². The number of benzene rings is 2. The molecule has 3 rings (SSSR count). The van der Waals surface area contributed by atoms with E-state index in [2.05, 4.69) is 29.5 Å². The maximum atomic E-state index is 13.6. The molecule has 1 atom stereocenters. The molecule has 0 bridgehead atoms. The van der Waals surface area contributed by atoms with Crippen molar-refractivity contribution in [1.29, 1.82) is 0 Å². The van der Waals surface area contributed by atoms with Gasteiger partial charge in [-0.2, -0.15) is 0 Å². The van der Waals surface area contributed by atoms with E-state index < -0.39 is 12.1 Å². The number of hydrogen-bond donors (Lipinski definition) is 2. The fourth-order valence-corrected chi connectivity index (χ4v) is 4.16. The van der Waals surface area contributed by atoms with Gasteiger partial charge in [-0.05, 0) is 17.5 Å². The molecule has 2 aromatic carbocycles. The Labute approximate surface area is 225 Å². The minimum absolute atomic E-state index is 0.0900. The van der Waals surface area contributed by atoms with Crippen LogP contribution in [0.1, 0.15) is 51.2 Å². The smallest absolute Gasteiger partial charge is 0.408 e. The molecule has 1 heterocycles. The van der Waals surface area contributed by atoms with Gasteiger partial charge in [0.1, 0.15) is 12.6 Å². The van der Waals surface area contributed by atoms with Gasteiger partial charge in [-0.15, -0.1) is 0 Å². The predicted octanol–water partition coefficient (Wildman–Crippen LogP) is 4.36. The van der Waals surface area contributed by atoms with E-state index in [1.807, 2.05) is 73.7 Å². The predicted molar refractivity (Wildman–Crippen MR) is 149 cm³/mol. The van der Waals surface area contributed by atoms with Gasteiger partial charge in [-0.3, -0.25) is 14.6 Å². The van der Waals surface area contributed by atoms with E-state index in [1.165, 1.54) is 4.90 Å². The van der Waals surface area contributed by atoms with Gasteiger partial charge < -0.3 is 20.3 Å². The zero-order chi connectivity index (χ0) is 27.4. The number of amides is 3. The van der Waals surface area contributed by atoms with Crippen molar-refractivity contribution >= 4 is 24.1 Å². The minimum Gasteiger partial charge on any atom is -0.445 e. The lowest BCUT2D eigenvalue weighted by molar-refractivity contribution is -0.137. The Morgan fingerprint density at radius 1 is 1.05 bits per heavy atom. The Kier molecular flexibility index (Phi) is 10.6. The van der Waals surface area contributed by atoms with Crippen LogP contribution in [0.25, 0.3) is 0 Å². The molecular formula is C30H38N4O4. The largest absolute Gasteiger partial charge is 0.445 e. The van der Waals surface area contributed by atoms with Gasteiger partial charge in [0.05, 0.1) is 6.54 Å². The summed E-state index contributed by atoms with van der Waals surface area (Å²) in [4.78, 5) is 44.9. The van der Waals surface area contributed by atoms with Crippen molar-refractivity contribution in [2.45, 2.75) is 58.1 Å². The Balaban J connectivity index is 1.63. The molecule has 2 N–H and O–H groups in total. The molecule has 38 heavy (non-hydrogen) atoms. The van der Waals surface area contributed by atoms with Crippen LogP contribution in [0.2, 0.25) is 0 Å². The normalized spacial score (nSPS) is 13.4. The minimum atomic E-state index is -0.903. The number of allylic oxidation sites excluding steroid dienone is 1. The second-order valence-corrected chi connectivity index (χ2v) is 9.99. The number of aliphatic imine (C=N–C) groups is 1. The van der Waals surface area contributed by atoms with Crippen molar-refractivity contribution in [2.75, 3.05) is 19.6 Å². The molecule has 0 radical (unpaired) electrons. The topological polar surface area (TPSA) is 100 Å². The third-order valence-electron chi connectivity index (χ3n) is 6.35. The van der Waals surface area contributed by atoms with E-state index in [1.54, 1.807) is 6.21 Å². The molecule has 0 spiro atoms. The third-order valence-corrected chi connectivity index (χ3v) is 6.35. The highest BCUT2D eigenvalue weighted by Crippen LogP contribution is 2.21. The van der Waals surface area contributed by atoms with Crippen LogP contribution in [0, 0.1) is 0 Å². The van der Waals surface area contributed by atoms with Crippen molar-refractivity contribution < 1.29 is 19.1 Å². The molecule has 2 aromatic rings. The number of nitrogens with zero attached hydrogens (tertiary/aromatic N) is 2. The Hall–Kier alpha value is -3.94. The molecular weight excluding hydrogens is 480 g/mol. The number of carbonyl (C=O) groups excluding carboxylic acids is 3. The summed E-state index contributed by atoms with van der Waals surface area (Å²) in [6, 6.07) is 18.4. The van der Waals surface area contributed by atoms with Crippen LogP contribution in [-0.4, -0.2) is 54.7 Å². The number of alkyl carbamates (subject to hydrolysis) is 1. The van der Waals surface area contributed by atoms with Crippen LogP contribution in [0.15, 0.2) is 77.4 Å². The quantitative estimate of drug-likeness (QED) is 0.411. The van der Waals surface area contributed by atoms with Crippen LogP contribution in [0.4, 0.5) is 4.79 Å². The summed E-state index contributed by atoms with van der Waals surface area (Å²) in [6.07, 6.45) is 4.56. The first-order chi connectivity index (χ1) is 18.3. The summed E-state index contributed by atoms with van der Waals surface area (Å²) >= 11 is 0. The molecule has 8 nitrogen and oxygen atoms in total. The summed E-state index contributed by atoms with van der Waals surface area (Å²) in [6.45, 7) is 6.87. The van der Waals surface area contributed by atoms with Crippen molar-refractivity contribution in [3.8, 4) is 0 Å². The molecule has 1 aliphatic heterocycles. The van der Waals surface area contributed by atoms with Crippen molar-refractivity contribution in [1.82, 2.24) is 15.5 Å². The van der Waals surface area contributed by atoms with E-state index in [4.69, 9.17) is 4.74 Å². The lowest BCUT2D eigenvalue weighted by Gasteiger charge is -2.29. The fraction of sp³-hybridized carbons (Fsp3) is 0.400. The van der Waals surface area contributed by atoms with Gasteiger partial charge in [0, 0.05) is 43.3 Å². The number of carbonyl (C=O) groups is 3. The maximum Gasteiger partial charge on any atom is 0.408 e. The van der Waals surface area contributed by atoms with Crippen LogP contribution < -0.4 is 10.6 Å². The summed E-state index contributed by atoms with van der Waals surface area (Å²) < 4.78 is 5.35. The number of hydrogen-bond acceptors (Lipinski definition) is 5. The highest BCUT2D eigenvalue weighted by molar-refractivity contribution is 5.90. The molecule has 0 aromatic heterocycles. The zero-order valence-electron chi connectivity index (χ0n) is 22.5. The van der Waals surface area contributed by atoms with Crippen molar-refractivity contribution in [2.24, 2.45) is 4.99 Å². The average molecular weight is 519 g/mol. The van der Waals surface area contributed by atoms with Gasteiger partial charge in [0.15, 0.2) is 0 Å². The Morgan fingerprint density at radius 2 is 1.74 bits per heavy atom. The monoisotopic (exact) mass is 518 g/mol. The number of nitrogens with one attached hydrogen (secondary N) is 2. The highest BCUT2D eigenvalue weighted by atomic mass is 16.5. The van der Waals surface area contributed by atoms with Crippen molar-refractivity contribution in [3.63, 3.8) is 0 Å². The molecule has 0 fully saturated rings.